The first kappa shape index (κ1) is 24.1. The molecule has 0 saturated carbocycles. The molecular weight excluding hydrogens is 488 g/mol. The van der Waals surface area contributed by atoms with Crippen molar-refractivity contribution in [3.05, 3.63) is 99.1 Å². The maximum atomic E-state index is 12.4. The highest BCUT2D eigenvalue weighted by Crippen LogP contribution is 2.28. The Kier molecular flexibility index (Phi) is 7.54. The van der Waals surface area contributed by atoms with Crippen LogP contribution in [0, 0.1) is 17.0 Å². The van der Waals surface area contributed by atoms with Gasteiger partial charge in [0.05, 0.1) is 16.9 Å². The Balaban J connectivity index is 1.49. The van der Waals surface area contributed by atoms with Crippen molar-refractivity contribution in [2.45, 2.75) is 12.1 Å². The number of hydrazone groups is 1. The van der Waals surface area contributed by atoms with Gasteiger partial charge in [-0.3, -0.25) is 19.5 Å². The molecule has 1 amide bonds. The number of nitrogens with one attached hydrogen (secondary N) is 1. The number of nitro groups is 1. The van der Waals surface area contributed by atoms with Crippen LogP contribution in [0.1, 0.15) is 11.1 Å². The maximum absolute atomic E-state index is 12.4. The molecule has 35 heavy (non-hydrogen) atoms. The van der Waals surface area contributed by atoms with Gasteiger partial charge in [-0.1, -0.05) is 53.2 Å². The molecular formula is C24H19ClN6O3S. The number of nitro benzene ring substituents is 1. The molecule has 0 radical (unpaired) electrons. The Morgan fingerprint density at radius 2 is 1.89 bits per heavy atom. The molecule has 0 saturated heterocycles. The van der Waals surface area contributed by atoms with Crippen LogP contribution in [0.3, 0.4) is 0 Å². The van der Waals surface area contributed by atoms with Gasteiger partial charge in [-0.15, -0.1) is 10.2 Å². The highest BCUT2D eigenvalue weighted by molar-refractivity contribution is 7.99. The summed E-state index contributed by atoms with van der Waals surface area (Å²) in [6.07, 6.45) is 1.35. The van der Waals surface area contributed by atoms with E-state index in [0.717, 1.165) is 16.8 Å². The van der Waals surface area contributed by atoms with Crippen LogP contribution in [0.15, 0.2) is 83.1 Å². The van der Waals surface area contributed by atoms with Gasteiger partial charge in [0.2, 0.25) is 0 Å². The van der Waals surface area contributed by atoms with Crippen LogP contribution in [0.5, 0.6) is 0 Å². The van der Waals surface area contributed by atoms with Gasteiger partial charge in [0, 0.05) is 34.0 Å². The summed E-state index contributed by atoms with van der Waals surface area (Å²) in [7, 11) is 0. The minimum absolute atomic E-state index is 0.0386. The Morgan fingerprint density at radius 3 is 2.60 bits per heavy atom. The number of aryl methyl sites for hydroxylation is 1. The summed E-state index contributed by atoms with van der Waals surface area (Å²) in [5.41, 5.74) is 5.68. The number of nitrogens with zero attached hydrogens (tertiary/aromatic N) is 5. The lowest BCUT2D eigenvalue weighted by Gasteiger charge is -2.10. The largest absolute Gasteiger partial charge is 0.272 e. The van der Waals surface area contributed by atoms with Crippen LogP contribution >= 0.6 is 23.4 Å². The zero-order valence-electron chi connectivity index (χ0n) is 18.5. The standard InChI is InChI=1S/C24H19ClN6O3S/c1-16-5-11-20(12-6-16)30-23(18-7-9-19(25)10-8-18)28-29-24(30)35-15-22(32)27-26-14-17-3-2-4-21(13-17)31(33)34/h2-14H,15H2,1H3,(H,27,32)/b26-14-. The Hall–Kier alpha value is -4.02. The van der Waals surface area contributed by atoms with Gasteiger partial charge < -0.3 is 0 Å². The van der Waals surface area contributed by atoms with E-state index in [9.17, 15) is 14.9 Å². The third-order valence-corrected chi connectivity index (χ3v) is 6.03. The molecule has 0 bridgehead atoms. The van der Waals surface area contributed by atoms with E-state index in [4.69, 9.17) is 11.6 Å². The molecule has 11 heteroatoms. The summed E-state index contributed by atoms with van der Waals surface area (Å²) in [6, 6.07) is 21.2. The molecule has 3 aromatic carbocycles. The van der Waals surface area contributed by atoms with E-state index >= 15 is 0 Å². The van der Waals surface area contributed by atoms with E-state index in [0.29, 0.717) is 21.6 Å². The predicted octanol–water partition coefficient (Wildman–Crippen LogP) is 5.05. The summed E-state index contributed by atoms with van der Waals surface area (Å²) in [5.74, 6) is 0.303. The SMILES string of the molecule is Cc1ccc(-n2c(SCC(=O)N/N=C\c3cccc([N+](=O)[O-])c3)nnc2-c2ccc(Cl)cc2)cc1. The fourth-order valence-electron chi connectivity index (χ4n) is 3.14. The molecule has 0 aliphatic carbocycles. The van der Waals surface area contributed by atoms with E-state index in [1.54, 1.807) is 24.3 Å². The summed E-state index contributed by atoms with van der Waals surface area (Å²) in [4.78, 5) is 22.7. The normalized spacial score (nSPS) is 11.0. The lowest BCUT2D eigenvalue weighted by Crippen LogP contribution is -2.20. The Labute approximate surface area is 210 Å². The number of hydrogen-bond donors (Lipinski definition) is 1. The van der Waals surface area contributed by atoms with Gasteiger partial charge in [0.15, 0.2) is 11.0 Å². The molecule has 4 aromatic rings. The van der Waals surface area contributed by atoms with E-state index in [1.807, 2.05) is 47.9 Å². The number of hydrogen-bond acceptors (Lipinski definition) is 7. The second kappa shape index (κ2) is 10.9. The predicted molar refractivity (Wildman–Crippen MR) is 136 cm³/mol. The first-order valence-electron chi connectivity index (χ1n) is 10.4. The van der Waals surface area contributed by atoms with Crippen molar-refractivity contribution in [2.24, 2.45) is 5.10 Å². The molecule has 0 unspecified atom stereocenters. The van der Waals surface area contributed by atoms with Crippen molar-refractivity contribution in [3.63, 3.8) is 0 Å². The number of amides is 1. The summed E-state index contributed by atoms with van der Waals surface area (Å²) >= 11 is 7.25. The van der Waals surface area contributed by atoms with Gasteiger partial charge in [0.1, 0.15) is 0 Å². The van der Waals surface area contributed by atoms with E-state index in [-0.39, 0.29) is 17.3 Å². The number of thioether (sulfide) groups is 1. The first-order valence-corrected chi connectivity index (χ1v) is 11.7. The number of carbonyl (C=O) groups excluding carboxylic acids is 1. The maximum Gasteiger partial charge on any atom is 0.270 e. The zero-order chi connectivity index (χ0) is 24.8. The van der Waals surface area contributed by atoms with Crippen LogP contribution in [0.25, 0.3) is 17.1 Å². The van der Waals surface area contributed by atoms with Crippen LogP contribution in [-0.2, 0) is 4.79 Å². The molecule has 0 fully saturated rings. The quantitative estimate of drug-likeness (QED) is 0.155. The number of rotatable bonds is 8. The second-order valence-corrected chi connectivity index (χ2v) is 8.80. The summed E-state index contributed by atoms with van der Waals surface area (Å²) < 4.78 is 1.88. The summed E-state index contributed by atoms with van der Waals surface area (Å²) in [6.45, 7) is 2.00. The number of non-ortho nitro benzene ring substituents is 1. The lowest BCUT2D eigenvalue weighted by molar-refractivity contribution is -0.384. The number of aromatic nitrogens is 3. The number of benzene rings is 3. The zero-order valence-corrected chi connectivity index (χ0v) is 20.0. The van der Waals surface area contributed by atoms with E-state index < -0.39 is 4.92 Å². The first-order chi connectivity index (χ1) is 16.9. The van der Waals surface area contributed by atoms with Crippen molar-refractivity contribution >= 4 is 41.2 Å². The minimum Gasteiger partial charge on any atom is -0.272 e. The van der Waals surface area contributed by atoms with Crippen LogP contribution in [0.4, 0.5) is 5.69 Å². The number of halogens is 1. The minimum atomic E-state index is -0.491. The monoisotopic (exact) mass is 506 g/mol. The van der Waals surface area contributed by atoms with E-state index in [2.05, 4.69) is 20.7 Å². The third kappa shape index (κ3) is 6.11. The second-order valence-electron chi connectivity index (χ2n) is 7.42. The van der Waals surface area contributed by atoms with Gasteiger partial charge in [-0.2, -0.15) is 5.10 Å². The van der Waals surface area contributed by atoms with Crippen LogP contribution in [0.2, 0.25) is 5.02 Å². The topological polar surface area (TPSA) is 115 Å². The molecule has 0 aliphatic rings. The molecule has 0 aliphatic heterocycles. The van der Waals surface area contributed by atoms with Gasteiger partial charge in [0.25, 0.3) is 11.6 Å². The average Bonchev–Trinajstić information content (AvgIpc) is 3.28. The molecule has 1 aromatic heterocycles. The number of carbonyl (C=O) groups is 1. The molecule has 9 nitrogen and oxygen atoms in total. The fourth-order valence-corrected chi connectivity index (χ4v) is 4.01. The van der Waals surface area contributed by atoms with Crippen molar-refractivity contribution < 1.29 is 9.72 Å². The average molecular weight is 507 g/mol. The highest BCUT2D eigenvalue weighted by atomic mass is 35.5. The molecule has 1 N–H and O–H groups in total. The van der Waals surface area contributed by atoms with Crippen LogP contribution < -0.4 is 5.43 Å². The van der Waals surface area contributed by atoms with Crippen molar-refractivity contribution in [1.29, 1.82) is 0 Å². The van der Waals surface area contributed by atoms with Crippen molar-refractivity contribution in [3.8, 4) is 17.1 Å². The molecule has 4 rings (SSSR count). The summed E-state index contributed by atoms with van der Waals surface area (Å²) in [5, 5.41) is 24.6. The Morgan fingerprint density at radius 1 is 1.14 bits per heavy atom. The lowest BCUT2D eigenvalue weighted by atomic mass is 10.2. The van der Waals surface area contributed by atoms with Gasteiger partial charge >= 0.3 is 0 Å². The fraction of sp³-hybridized carbons (Fsp3) is 0.0833. The van der Waals surface area contributed by atoms with Gasteiger partial charge in [-0.25, -0.2) is 5.43 Å². The smallest absolute Gasteiger partial charge is 0.270 e. The molecule has 176 valence electrons. The van der Waals surface area contributed by atoms with Gasteiger partial charge in [-0.05, 0) is 43.3 Å². The van der Waals surface area contributed by atoms with Crippen LogP contribution in [-0.4, -0.2) is 37.6 Å². The third-order valence-electron chi connectivity index (χ3n) is 4.84. The van der Waals surface area contributed by atoms with Crippen molar-refractivity contribution in [2.75, 3.05) is 5.75 Å². The molecule has 1 heterocycles. The Bertz CT molecular complexity index is 1390. The highest BCUT2D eigenvalue weighted by Gasteiger charge is 2.17. The van der Waals surface area contributed by atoms with E-state index in [1.165, 1.54) is 30.1 Å². The van der Waals surface area contributed by atoms with Crippen molar-refractivity contribution in [1.82, 2.24) is 20.2 Å². The molecule has 0 spiro atoms. The molecule has 0 atom stereocenters.